The molecule has 2 N–H and O–H groups in total. The highest BCUT2D eigenvalue weighted by atomic mass is 32.2. The number of aromatic nitrogens is 1. The predicted molar refractivity (Wildman–Crippen MR) is 88.8 cm³/mol. The average Bonchev–Trinajstić information content (AvgIpc) is 2.61. The Balaban J connectivity index is 2.35. The molecule has 2 rings (SSSR count). The second-order valence-electron chi connectivity index (χ2n) is 5.43. The summed E-state index contributed by atoms with van der Waals surface area (Å²) in [5, 5.41) is 23.3. The van der Waals surface area contributed by atoms with Crippen LogP contribution in [0.4, 0.5) is 24.5 Å². The topological polar surface area (TPSA) is 122 Å². The number of alkyl halides is 3. The molecule has 0 spiro atoms. The monoisotopic (exact) mass is 405 g/mol. The van der Waals surface area contributed by atoms with E-state index in [1.165, 1.54) is 6.20 Å². The second kappa shape index (κ2) is 7.88. The Labute approximate surface area is 151 Å². The van der Waals surface area contributed by atoms with Gasteiger partial charge in [0.1, 0.15) is 5.69 Å². The number of hydrogen-bond donors (Lipinski definition) is 2. The van der Waals surface area contributed by atoms with Gasteiger partial charge in [0.15, 0.2) is 0 Å². The van der Waals surface area contributed by atoms with Crippen LogP contribution in [0.15, 0.2) is 47.5 Å². The van der Waals surface area contributed by atoms with Crippen LogP contribution in [0.1, 0.15) is 5.69 Å². The van der Waals surface area contributed by atoms with Gasteiger partial charge in [-0.05, 0) is 24.3 Å². The summed E-state index contributed by atoms with van der Waals surface area (Å²) in [5.74, 6) is 0. The zero-order valence-corrected chi connectivity index (χ0v) is 14.4. The van der Waals surface area contributed by atoms with Gasteiger partial charge >= 0.3 is 5.51 Å². The maximum atomic E-state index is 12.6. The molecule has 0 unspecified atom stereocenters. The Morgan fingerprint density at radius 2 is 1.96 bits per heavy atom. The summed E-state index contributed by atoms with van der Waals surface area (Å²) in [6.07, 6.45) is 1.69. The molecule has 27 heavy (non-hydrogen) atoms. The summed E-state index contributed by atoms with van der Waals surface area (Å²) in [6.45, 7) is -0.448. The standard InChI is InChI=1S/C15H14F3N3O5S/c16-15(17,18)27(25,26)12-4-5-13(14(8-12)21(23)24)20-11(9-22)7-10-3-1-2-6-19-10/h1-6,8,11,20,22H,7,9H2/t11-/m1/s1. The Morgan fingerprint density at radius 3 is 2.48 bits per heavy atom. The van der Waals surface area contributed by atoms with Gasteiger partial charge in [-0.25, -0.2) is 8.42 Å². The molecule has 1 atom stereocenters. The van der Waals surface area contributed by atoms with E-state index in [0.29, 0.717) is 17.8 Å². The molecule has 0 saturated carbocycles. The smallest absolute Gasteiger partial charge is 0.394 e. The summed E-state index contributed by atoms with van der Waals surface area (Å²) < 4.78 is 60.8. The zero-order chi connectivity index (χ0) is 20.2. The normalized spacial score (nSPS) is 13.2. The Kier molecular flexibility index (Phi) is 6.01. The van der Waals surface area contributed by atoms with Crippen molar-refractivity contribution in [3.63, 3.8) is 0 Å². The lowest BCUT2D eigenvalue weighted by molar-refractivity contribution is -0.384. The van der Waals surface area contributed by atoms with Crippen molar-refractivity contribution in [2.24, 2.45) is 0 Å². The number of benzene rings is 1. The molecule has 0 aliphatic carbocycles. The molecule has 0 radical (unpaired) electrons. The molecule has 0 saturated heterocycles. The van der Waals surface area contributed by atoms with E-state index < -0.39 is 43.5 Å². The Bertz CT molecular complexity index is 920. The van der Waals surface area contributed by atoms with Crippen molar-refractivity contribution in [1.82, 2.24) is 4.98 Å². The number of anilines is 1. The first-order valence-electron chi connectivity index (χ1n) is 7.43. The fraction of sp³-hybridized carbons (Fsp3) is 0.267. The van der Waals surface area contributed by atoms with E-state index in [0.717, 1.165) is 6.07 Å². The van der Waals surface area contributed by atoms with Crippen LogP contribution in [0.3, 0.4) is 0 Å². The van der Waals surface area contributed by atoms with Crippen molar-refractivity contribution < 1.29 is 31.6 Å². The van der Waals surface area contributed by atoms with Gasteiger partial charge in [-0.2, -0.15) is 13.2 Å². The largest absolute Gasteiger partial charge is 0.501 e. The first kappa shape index (κ1) is 20.6. The first-order chi connectivity index (χ1) is 12.6. The summed E-state index contributed by atoms with van der Waals surface area (Å²) in [4.78, 5) is 13.0. The lowest BCUT2D eigenvalue weighted by Gasteiger charge is -2.18. The van der Waals surface area contributed by atoms with Crippen LogP contribution in [-0.2, 0) is 16.3 Å². The highest BCUT2D eigenvalue weighted by Gasteiger charge is 2.47. The van der Waals surface area contributed by atoms with Gasteiger partial charge in [0, 0.05) is 24.4 Å². The Morgan fingerprint density at radius 1 is 1.26 bits per heavy atom. The minimum Gasteiger partial charge on any atom is -0.394 e. The van der Waals surface area contributed by atoms with E-state index in [2.05, 4.69) is 10.3 Å². The van der Waals surface area contributed by atoms with Crippen molar-refractivity contribution in [2.45, 2.75) is 22.9 Å². The summed E-state index contributed by atoms with van der Waals surface area (Å²) in [6, 6.07) is 6.12. The minimum absolute atomic E-state index is 0.178. The predicted octanol–water partition coefficient (Wildman–Crippen LogP) is 2.30. The molecule has 1 aromatic heterocycles. The highest BCUT2D eigenvalue weighted by Crippen LogP contribution is 2.35. The third kappa shape index (κ3) is 4.71. The molecule has 2 aromatic rings. The van der Waals surface area contributed by atoms with Crippen molar-refractivity contribution in [3.05, 3.63) is 58.4 Å². The van der Waals surface area contributed by atoms with E-state index in [-0.39, 0.29) is 12.1 Å². The number of nitro benzene ring substituents is 1. The third-order valence-electron chi connectivity index (χ3n) is 3.54. The van der Waals surface area contributed by atoms with Crippen LogP contribution >= 0.6 is 0 Å². The average molecular weight is 405 g/mol. The van der Waals surface area contributed by atoms with Crippen LogP contribution < -0.4 is 5.32 Å². The van der Waals surface area contributed by atoms with Crippen molar-refractivity contribution >= 4 is 21.2 Å². The lowest BCUT2D eigenvalue weighted by Crippen LogP contribution is -2.27. The number of hydrogen-bond acceptors (Lipinski definition) is 7. The molecule has 1 heterocycles. The Hall–Kier alpha value is -2.73. The molecule has 1 aromatic carbocycles. The lowest BCUT2D eigenvalue weighted by atomic mass is 10.1. The van der Waals surface area contributed by atoms with E-state index >= 15 is 0 Å². The molecular weight excluding hydrogens is 391 g/mol. The fourth-order valence-corrected chi connectivity index (χ4v) is 3.02. The van der Waals surface area contributed by atoms with Crippen LogP contribution in [0, 0.1) is 10.1 Å². The maximum Gasteiger partial charge on any atom is 0.501 e. The first-order valence-corrected chi connectivity index (χ1v) is 8.91. The van der Waals surface area contributed by atoms with Gasteiger partial charge in [-0.3, -0.25) is 15.1 Å². The number of pyridine rings is 1. The zero-order valence-electron chi connectivity index (χ0n) is 13.5. The van der Waals surface area contributed by atoms with Gasteiger partial charge in [0.2, 0.25) is 0 Å². The number of aliphatic hydroxyl groups excluding tert-OH is 1. The number of rotatable bonds is 7. The molecule has 0 amide bonds. The van der Waals surface area contributed by atoms with Crippen molar-refractivity contribution in [2.75, 3.05) is 11.9 Å². The molecule has 12 heteroatoms. The van der Waals surface area contributed by atoms with E-state index in [1.54, 1.807) is 18.2 Å². The quantitative estimate of drug-likeness (QED) is 0.535. The second-order valence-corrected chi connectivity index (χ2v) is 7.38. The molecular formula is C15H14F3N3O5S. The van der Waals surface area contributed by atoms with E-state index in [1.807, 2.05) is 0 Å². The summed E-state index contributed by atoms with van der Waals surface area (Å²) >= 11 is 0. The number of halogens is 3. The van der Waals surface area contributed by atoms with Crippen molar-refractivity contribution in [3.8, 4) is 0 Å². The van der Waals surface area contributed by atoms with Crippen LogP contribution in [0.2, 0.25) is 0 Å². The molecule has 8 nitrogen and oxygen atoms in total. The van der Waals surface area contributed by atoms with Crippen LogP contribution in [0.25, 0.3) is 0 Å². The van der Waals surface area contributed by atoms with Gasteiger partial charge < -0.3 is 10.4 Å². The molecule has 0 bridgehead atoms. The number of aliphatic hydroxyl groups is 1. The van der Waals surface area contributed by atoms with Crippen LogP contribution in [0.5, 0.6) is 0 Å². The number of nitrogens with zero attached hydrogens (tertiary/aromatic N) is 2. The van der Waals surface area contributed by atoms with Gasteiger partial charge in [0.05, 0.1) is 22.5 Å². The van der Waals surface area contributed by atoms with Gasteiger partial charge in [-0.1, -0.05) is 6.07 Å². The molecule has 0 aliphatic rings. The number of sulfone groups is 1. The van der Waals surface area contributed by atoms with Gasteiger partial charge in [0.25, 0.3) is 15.5 Å². The number of nitro groups is 1. The maximum absolute atomic E-state index is 12.6. The SMILES string of the molecule is O=[N+]([O-])c1cc(S(=O)(=O)C(F)(F)F)ccc1N[C@@H](CO)Cc1ccccn1. The summed E-state index contributed by atoms with van der Waals surface area (Å²) in [5.41, 5.74) is -6.10. The third-order valence-corrected chi connectivity index (χ3v) is 5.03. The fourth-order valence-electron chi connectivity index (χ4n) is 2.24. The van der Waals surface area contributed by atoms with E-state index in [4.69, 9.17) is 0 Å². The molecule has 0 aliphatic heterocycles. The number of nitrogens with one attached hydrogen (secondary N) is 1. The van der Waals surface area contributed by atoms with E-state index in [9.17, 15) is 36.8 Å². The van der Waals surface area contributed by atoms with Gasteiger partial charge in [-0.15, -0.1) is 0 Å². The minimum atomic E-state index is -5.72. The van der Waals surface area contributed by atoms with Crippen LogP contribution in [-0.4, -0.2) is 41.6 Å². The molecule has 0 fully saturated rings. The molecule has 146 valence electrons. The van der Waals surface area contributed by atoms with Crippen molar-refractivity contribution in [1.29, 1.82) is 0 Å². The highest BCUT2D eigenvalue weighted by molar-refractivity contribution is 7.92. The summed E-state index contributed by atoms with van der Waals surface area (Å²) in [7, 11) is -5.72.